The summed E-state index contributed by atoms with van der Waals surface area (Å²) in [6.07, 6.45) is 3.38. The fourth-order valence-electron chi connectivity index (χ4n) is 2.40. The van der Waals surface area contributed by atoms with Crippen molar-refractivity contribution < 1.29 is 14.1 Å². The number of amides is 1. The molecule has 0 spiro atoms. The van der Waals surface area contributed by atoms with Gasteiger partial charge < -0.3 is 9.42 Å². The van der Waals surface area contributed by atoms with Crippen LogP contribution in [0.5, 0.6) is 0 Å². The maximum Gasteiger partial charge on any atom is 0.291 e. The molecule has 1 saturated heterocycles. The molecular weight excluding hydrogens is 260 g/mol. The van der Waals surface area contributed by atoms with Crippen molar-refractivity contribution in [3.63, 3.8) is 0 Å². The average molecular weight is 280 g/mol. The van der Waals surface area contributed by atoms with E-state index in [2.05, 4.69) is 5.16 Å². The van der Waals surface area contributed by atoms with E-state index >= 15 is 0 Å². The van der Waals surface area contributed by atoms with Gasteiger partial charge in [0.15, 0.2) is 0 Å². The molecule has 6 nitrogen and oxygen atoms in total. The lowest BCUT2D eigenvalue weighted by Gasteiger charge is -2.27. The zero-order valence-electron chi connectivity index (χ0n) is 12.1. The first kappa shape index (κ1) is 14.6. The maximum absolute atomic E-state index is 12.4. The number of nitrogens with one attached hydrogen (secondary N) is 1. The van der Waals surface area contributed by atoms with Crippen LogP contribution in [0.4, 0.5) is 0 Å². The molecular formula is C14H20N2O4. The van der Waals surface area contributed by atoms with Crippen LogP contribution in [-0.4, -0.2) is 28.3 Å². The van der Waals surface area contributed by atoms with E-state index in [4.69, 9.17) is 4.52 Å². The number of hydrogen-bond acceptors (Lipinski definition) is 4. The first-order chi connectivity index (χ1) is 9.38. The van der Waals surface area contributed by atoms with Crippen LogP contribution in [0.2, 0.25) is 0 Å². The Kier molecular flexibility index (Phi) is 3.83. The van der Waals surface area contributed by atoms with E-state index in [1.807, 2.05) is 6.92 Å². The Balaban J connectivity index is 2.24. The van der Waals surface area contributed by atoms with Crippen LogP contribution in [0.1, 0.15) is 51.6 Å². The van der Waals surface area contributed by atoms with Crippen molar-refractivity contribution in [3.8, 4) is 0 Å². The molecule has 0 radical (unpaired) electrons. The van der Waals surface area contributed by atoms with Gasteiger partial charge in [-0.2, -0.15) is 5.16 Å². The third kappa shape index (κ3) is 2.42. The van der Waals surface area contributed by atoms with Crippen LogP contribution in [0.15, 0.2) is 15.6 Å². The molecule has 1 aromatic rings. The number of nitrogens with zero attached hydrogens (tertiary/aromatic N) is 1. The smallest absolute Gasteiger partial charge is 0.291 e. The predicted molar refractivity (Wildman–Crippen MR) is 72.1 cm³/mol. The van der Waals surface area contributed by atoms with E-state index in [-0.39, 0.29) is 11.6 Å². The monoisotopic (exact) mass is 280 g/mol. The number of aromatic amines is 1. The summed E-state index contributed by atoms with van der Waals surface area (Å²) < 4.78 is 4.77. The third-order valence-electron chi connectivity index (χ3n) is 4.17. The number of rotatable bonds is 4. The van der Waals surface area contributed by atoms with Crippen LogP contribution in [0.3, 0.4) is 0 Å². The molecule has 20 heavy (non-hydrogen) atoms. The molecule has 1 aromatic heterocycles. The van der Waals surface area contributed by atoms with Gasteiger partial charge >= 0.3 is 0 Å². The van der Waals surface area contributed by atoms with Gasteiger partial charge in [0.25, 0.3) is 11.5 Å². The molecule has 1 fully saturated rings. The number of ketones is 1. The Hall–Kier alpha value is -1.85. The van der Waals surface area contributed by atoms with Gasteiger partial charge in [-0.1, -0.05) is 20.8 Å². The minimum absolute atomic E-state index is 0.336. The molecule has 1 aliphatic rings. The molecule has 2 rings (SSSR count). The zero-order chi connectivity index (χ0) is 14.9. The number of likely N-dealkylation sites (tertiary alicyclic amines) is 1. The molecule has 6 heteroatoms. The fraction of sp³-hybridized carbons (Fsp3) is 0.643. The Labute approximate surface area is 117 Å². The van der Waals surface area contributed by atoms with Gasteiger partial charge in [-0.3, -0.25) is 14.4 Å². The van der Waals surface area contributed by atoms with Crippen molar-refractivity contribution in [2.45, 2.75) is 46.1 Å². The summed E-state index contributed by atoms with van der Waals surface area (Å²) in [4.78, 5) is 37.8. The summed E-state index contributed by atoms with van der Waals surface area (Å²) in [7, 11) is 0. The molecule has 1 unspecified atom stereocenters. The molecule has 0 aromatic carbocycles. The number of Topliss-reactive ketones (excluding diaryl/α,β-unsaturated/α-hetero) is 1. The molecule has 2 heterocycles. The van der Waals surface area contributed by atoms with Crippen molar-refractivity contribution in [2.24, 2.45) is 5.41 Å². The van der Waals surface area contributed by atoms with E-state index in [9.17, 15) is 14.4 Å². The topological polar surface area (TPSA) is 83.4 Å². The van der Waals surface area contributed by atoms with Crippen LogP contribution < -0.4 is 5.56 Å². The first-order valence-electron chi connectivity index (χ1n) is 6.90. The largest absolute Gasteiger partial charge is 0.387 e. The molecule has 1 amide bonds. The summed E-state index contributed by atoms with van der Waals surface area (Å²) in [5.74, 6) is -0.897. The minimum Gasteiger partial charge on any atom is -0.387 e. The zero-order valence-corrected chi connectivity index (χ0v) is 12.1. The Morgan fingerprint density at radius 3 is 2.75 bits per heavy atom. The number of carbonyl (C=O) groups excluding carboxylic acids is 2. The Bertz CT molecular complexity index is 570. The second kappa shape index (κ2) is 5.26. The lowest BCUT2D eigenvalue weighted by molar-refractivity contribution is -0.149. The number of aromatic nitrogens is 1. The van der Waals surface area contributed by atoms with Crippen LogP contribution >= 0.6 is 0 Å². The van der Waals surface area contributed by atoms with Gasteiger partial charge in [0.2, 0.25) is 5.78 Å². The molecule has 1 aliphatic heterocycles. The van der Waals surface area contributed by atoms with Crippen molar-refractivity contribution in [2.75, 3.05) is 6.54 Å². The normalized spacial score (nSPS) is 19.4. The number of hydrogen-bond donors (Lipinski definition) is 1. The van der Waals surface area contributed by atoms with Crippen molar-refractivity contribution in [1.82, 2.24) is 10.1 Å². The fourth-order valence-corrected chi connectivity index (χ4v) is 2.40. The predicted octanol–water partition coefficient (Wildman–Crippen LogP) is 1.64. The molecule has 0 saturated carbocycles. The maximum atomic E-state index is 12.4. The van der Waals surface area contributed by atoms with Crippen LogP contribution in [0, 0.1) is 5.41 Å². The highest BCUT2D eigenvalue weighted by Gasteiger charge is 2.40. The molecule has 1 atom stereocenters. The van der Waals surface area contributed by atoms with Crippen LogP contribution in [-0.2, 0) is 9.59 Å². The van der Waals surface area contributed by atoms with Crippen molar-refractivity contribution >= 4 is 11.7 Å². The summed E-state index contributed by atoms with van der Waals surface area (Å²) in [5, 5.41) is 2.22. The van der Waals surface area contributed by atoms with E-state index < -0.39 is 17.1 Å². The average Bonchev–Trinajstić information content (AvgIpc) is 3.04. The van der Waals surface area contributed by atoms with Gasteiger partial charge in [-0.25, -0.2) is 0 Å². The lowest BCUT2D eigenvalue weighted by atomic mass is 9.84. The summed E-state index contributed by atoms with van der Waals surface area (Å²) in [5.41, 5.74) is -0.595. The van der Waals surface area contributed by atoms with Crippen molar-refractivity contribution in [1.29, 1.82) is 0 Å². The Morgan fingerprint density at radius 1 is 1.50 bits per heavy atom. The summed E-state index contributed by atoms with van der Waals surface area (Å²) >= 11 is 0. The van der Waals surface area contributed by atoms with Gasteiger partial charge in [-0.05, 0) is 19.3 Å². The van der Waals surface area contributed by atoms with Gasteiger partial charge in [0.1, 0.15) is 6.26 Å². The molecule has 1 N–H and O–H groups in total. The number of H-pyrrole nitrogens is 1. The first-order valence-corrected chi connectivity index (χ1v) is 6.90. The van der Waals surface area contributed by atoms with Crippen molar-refractivity contribution in [3.05, 3.63) is 22.2 Å². The molecule has 110 valence electrons. The molecule has 0 aliphatic carbocycles. The van der Waals surface area contributed by atoms with E-state index in [1.54, 1.807) is 13.8 Å². The van der Waals surface area contributed by atoms with E-state index in [0.29, 0.717) is 24.9 Å². The SMILES string of the molecule is CCC(C)(C)C(=O)C(=O)N1CCCC1c1co[nH]c1=O. The Morgan fingerprint density at radius 2 is 2.20 bits per heavy atom. The number of carbonyl (C=O) groups is 2. The van der Waals surface area contributed by atoms with Gasteiger partial charge in [-0.15, -0.1) is 0 Å². The standard InChI is InChI=1S/C14H20N2O4/c1-4-14(2,3)11(17)13(19)16-7-5-6-10(16)9-8-20-15-12(9)18/h8,10H,4-7H2,1-3H3,(H,15,18). The van der Waals surface area contributed by atoms with E-state index in [0.717, 1.165) is 6.42 Å². The highest BCUT2D eigenvalue weighted by molar-refractivity contribution is 6.38. The second-order valence-electron chi connectivity index (χ2n) is 5.85. The van der Waals surface area contributed by atoms with Gasteiger partial charge in [0.05, 0.1) is 11.6 Å². The third-order valence-corrected chi connectivity index (χ3v) is 4.17. The lowest BCUT2D eigenvalue weighted by Crippen LogP contribution is -2.42. The highest BCUT2D eigenvalue weighted by Crippen LogP contribution is 2.32. The second-order valence-corrected chi connectivity index (χ2v) is 5.85. The van der Waals surface area contributed by atoms with Gasteiger partial charge in [0, 0.05) is 12.0 Å². The summed E-state index contributed by atoms with van der Waals surface area (Å²) in [6.45, 7) is 5.92. The quantitative estimate of drug-likeness (QED) is 0.850. The highest BCUT2D eigenvalue weighted by atomic mass is 16.5. The summed E-state index contributed by atoms with van der Waals surface area (Å²) in [6, 6.07) is -0.360. The minimum atomic E-state index is -0.674. The van der Waals surface area contributed by atoms with Crippen LogP contribution in [0.25, 0.3) is 0 Å². The van der Waals surface area contributed by atoms with E-state index in [1.165, 1.54) is 11.2 Å². The molecule has 0 bridgehead atoms.